The third-order valence-corrected chi connectivity index (χ3v) is 5.91. The van der Waals surface area contributed by atoms with Crippen LogP contribution in [0.15, 0.2) is 18.2 Å². The lowest BCUT2D eigenvalue weighted by Crippen LogP contribution is -2.52. The number of fused-ring (bicyclic) bond motifs is 2. The average Bonchev–Trinajstić information content (AvgIpc) is 2.84. The number of nitrogens with one attached hydrogen (secondary N) is 1. The number of amides is 1. The normalized spacial score (nSPS) is 33.1. The Bertz CT molecular complexity index is 568. The van der Waals surface area contributed by atoms with E-state index in [1.165, 1.54) is 19.3 Å². The second kappa shape index (κ2) is 4.49. The number of nitrogens with two attached hydrogens (primary N) is 1. The van der Waals surface area contributed by atoms with Gasteiger partial charge in [0.2, 0.25) is 0 Å². The molecule has 2 saturated carbocycles. The van der Waals surface area contributed by atoms with Crippen LogP contribution in [0, 0.1) is 23.7 Å². The summed E-state index contributed by atoms with van der Waals surface area (Å²) in [6, 6.07) is 5.82. The summed E-state index contributed by atoms with van der Waals surface area (Å²) in [5, 5.41) is 3.32. The third-order valence-electron chi connectivity index (χ3n) is 5.91. The van der Waals surface area contributed by atoms with Crippen molar-refractivity contribution in [3.63, 3.8) is 0 Å². The van der Waals surface area contributed by atoms with Crippen molar-refractivity contribution in [3.8, 4) is 0 Å². The molecular formula is C18H26N2O. The van der Waals surface area contributed by atoms with Gasteiger partial charge in [0.25, 0.3) is 5.91 Å². The standard InChI is InChI=1S/C18H26N2O/c1-11-7-12(9-14(19)8-11)15(21)20-16-17(2,3)13-5-6-18(16,4)10-13/h7-9,13,16H,5-6,10,19H2,1-4H3,(H,20,21). The van der Waals surface area contributed by atoms with Gasteiger partial charge in [-0.25, -0.2) is 0 Å². The van der Waals surface area contributed by atoms with Crippen LogP contribution in [0.1, 0.15) is 56.0 Å². The maximum Gasteiger partial charge on any atom is 0.251 e. The van der Waals surface area contributed by atoms with Crippen LogP contribution in [0.5, 0.6) is 0 Å². The fourth-order valence-electron chi connectivity index (χ4n) is 4.82. The van der Waals surface area contributed by atoms with Crippen LogP contribution in [0.4, 0.5) is 5.69 Å². The molecule has 21 heavy (non-hydrogen) atoms. The molecule has 3 rings (SSSR count). The molecule has 3 heteroatoms. The molecule has 0 heterocycles. The van der Waals surface area contributed by atoms with Crippen molar-refractivity contribution in [1.29, 1.82) is 0 Å². The number of carbonyl (C=O) groups excluding carboxylic acids is 1. The topological polar surface area (TPSA) is 55.1 Å². The largest absolute Gasteiger partial charge is 0.399 e. The first-order valence-electron chi connectivity index (χ1n) is 7.90. The molecule has 0 saturated heterocycles. The van der Waals surface area contributed by atoms with Crippen LogP contribution in [0.2, 0.25) is 0 Å². The SMILES string of the molecule is Cc1cc(N)cc(C(=O)NC2C3(C)CCC(C3)C2(C)C)c1. The van der Waals surface area contributed by atoms with Crippen LogP contribution in [0.3, 0.4) is 0 Å². The second-order valence-electron chi connectivity index (χ2n) is 7.95. The van der Waals surface area contributed by atoms with Crippen molar-refractivity contribution < 1.29 is 4.79 Å². The zero-order valence-corrected chi connectivity index (χ0v) is 13.5. The van der Waals surface area contributed by atoms with E-state index >= 15 is 0 Å². The zero-order valence-electron chi connectivity index (χ0n) is 13.5. The molecule has 2 fully saturated rings. The van der Waals surface area contributed by atoms with Gasteiger partial charge in [-0.1, -0.05) is 20.8 Å². The van der Waals surface area contributed by atoms with E-state index in [4.69, 9.17) is 5.73 Å². The highest BCUT2D eigenvalue weighted by molar-refractivity contribution is 5.95. The van der Waals surface area contributed by atoms with Gasteiger partial charge in [-0.3, -0.25) is 4.79 Å². The lowest BCUT2D eigenvalue weighted by Gasteiger charge is -2.43. The number of rotatable bonds is 2. The van der Waals surface area contributed by atoms with Crippen molar-refractivity contribution in [3.05, 3.63) is 29.3 Å². The summed E-state index contributed by atoms with van der Waals surface area (Å²) in [5.74, 6) is 0.743. The summed E-state index contributed by atoms with van der Waals surface area (Å²) in [6.45, 7) is 8.91. The Kier molecular flexibility index (Phi) is 3.09. The van der Waals surface area contributed by atoms with Gasteiger partial charge in [-0.2, -0.15) is 0 Å². The average molecular weight is 286 g/mol. The van der Waals surface area contributed by atoms with Crippen LogP contribution in [-0.4, -0.2) is 11.9 Å². The number of hydrogen-bond donors (Lipinski definition) is 2. The van der Waals surface area contributed by atoms with Gasteiger partial charge in [-0.15, -0.1) is 0 Å². The molecule has 2 aliphatic carbocycles. The Morgan fingerprint density at radius 1 is 1.29 bits per heavy atom. The smallest absolute Gasteiger partial charge is 0.251 e. The molecule has 0 spiro atoms. The molecule has 3 N–H and O–H groups in total. The van der Waals surface area contributed by atoms with Crippen molar-refractivity contribution in [2.24, 2.45) is 16.7 Å². The van der Waals surface area contributed by atoms with Crippen LogP contribution >= 0.6 is 0 Å². The molecule has 114 valence electrons. The van der Waals surface area contributed by atoms with Crippen LogP contribution < -0.4 is 11.1 Å². The zero-order chi connectivity index (χ0) is 15.4. The number of benzene rings is 1. The fraction of sp³-hybridized carbons (Fsp3) is 0.611. The summed E-state index contributed by atoms with van der Waals surface area (Å²) >= 11 is 0. The van der Waals surface area contributed by atoms with E-state index in [0.717, 1.165) is 11.5 Å². The number of anilines is 1. The van der Waals surface area contributed by atoms with E-state index in [2.05, 4.69) is 26.1 Å². The van der Waals surface area contributed by atoms with Crippen molar-refractivity contribution in [2.75, 3.05) is 5.73 Å². The van der Waals surface area contributed by atoms with E-state index in [0.29, 0.717) is 11.3 Å². The number of hydrogen-bond acceptors (Lipinski definition) is 2. The first-order chi connectivity index (χ1) is 9.72. The van der Waals surface area contributed by atoms with E-state index in [-0.39, 0.29) is 22.8 Å². The number of nitrogen functional groups attached to an aromatic ring is 1. The molecule has 3 nitrogen and oxygen atoms in total. The Labute approximate surface area is 127 Å². The van der Waals surface area contributed by atoms with Gasteiger partial charge in [0.05, 0.1) is 0 Å². The molecular weight excluding hydrogens is 260 g/mol. The van der Waals surface area contributed by atoms with Crippen molar-refractivity contribution in [1.82, 2.24) is 5.32 Å². The Hall–Kier alpha value is -1.51. The van der Waals surface area contributed by atoms with Crippen LogP contribution in [0.25, 0.3) is 0 Å². The maximum atomic E-state index is 12.6. The van der Waals surface area contributed by atoms with Crippen molar-refractivity contribution >= 4 is 11.6 Å². The van der Waals surface area contributed by atoms with Gasteiger partial charge in [0.15, 0.2) is 0 Å². The first kappa shape index (κ1) is 14.4. The Morgan fingerprint density at radius 2 is 2.00 bits per heavy atom. The summed E-state index contributed by atoms with van der Waals surface area (Å²) in [6.07, 6.45) is 3.76. The van der Waals surface area contributed by atoms with E-state index in [9.17, 15) is 4.79 Å². The van der Waals surface area contributed by atoms with Gasteiger partial charge >= 0.3 is 0 Å². The van der Waals surface area contributed by atoms with E-state index < -0.39 is 0 Å². The minimum Gasteiger partial charge on any atom is -0.399 e. The predicted octanol–water partition coefficient (Wildman–Crippen LogP) is 3.52. The minimum atomic E-state index is 0.0113. The van der Waals surface area contributed by atoms with Gasteiger partial charge in [0, 0.05) is 17.3 Å². The molecule has 2 aliphatic rings. The maximum absolute atomic E-state index is 12.6. The molecule has 2 bridgehead atoms. The predicted molar refractivity (Wildman–Crippen MR) is 86.1 cm³/mol. The van der Waals surface area contributed by atoms with Crippen molar-refractivity contribution in [2.45, 2.75) is 53.0 Å². The summed E-state index contributed by atoms with van der Waals surface area (Å²) < 4.78 is 0. The lowest BCUT2D eigenvalue weighted by molar-refractivity contribution is 0.0737. The van der Waals surface area contributed by atoms with E-state index in [1.807, 2.05) is 19.1 Å². The number of aryl methyl sites for hydroxylation is 1. The third kappa shape index (κ3) is 2.23. The molecule has 3 atom stereocenters. The number of carbonyl (C=O) groups is 1. The second-order valence-corrected chi connectivity index (χ2v) is 7.95. The quantitative estimate of drug-likeness (QED) is 0.817. The fourth-order valence-corrected chi connectivity index (χ4v) is 4.82. The summed E-state index contributed by atoms with van der Waals surface area (Å²) in [4.78, 5) is 12.6. The van der Waals surface area contributed by atoms with Gasteiger partial charge in [-0.05, 0) is 66.7 Å². The van der Waals surface area contributed by atoms with Gasteiger partial charge < -0.3 is 11.1 Å². The molecule has 0 aromatic heterocycles. The Balaban J connectivity index is 1.84. The monoisotopic (exact) mass is 286 g/mol. The first-order valence-corrected chi connectivity index (χ1v) is 7.90. The summed E-state index contributed by atoms with van der Waals surface area (Å²) in [5.41, 5.74) is 8.65. The molecule has 1 amide bonds. The highest BCUT2D eigenvalue weighted by Crippen LogP contribution is 2.62. The highest BCUT2D eigenvalue weighted by Gasteiger charge is 2.59. The molecule has 0 aliphatic heterocycles. The molecule has 0 radical (unpaired) electrons. The molecule has 3 unspecified atom stereocenters. The van der Waals surface area contributed by atoms with Crippen LogP contribution in [-0.2, 0) is 0 Å². The highest BCUT2D eigenvalue weighted by atomic mass is 16.1. The Morgan fingerprint density at radius 3 is 2.57 bits per heavy atom. The molecule has 1 aromatic rings. The van der Waals surface area contributed by atoms with E-state index in [1.54, 1.807) is 6.07 Å². The minimum absolute atomic E-state index is 0.0113. The lowest BCUT2D eigenvalue weighted by atomic mass is 9.68. The summed E-state index contributed by atoms with van der Waals surface area (Å²) in [7, 11) is 0. The van der Waals surface area contributed by atoms with Gasteiger partial charge in [0.1, 0.15) is 0 Å². The molecule has 1 aromatic carbocycles.